The summed E-state index contributed by atoms with van der Waals surface area (Å²) in [4.78, 5) is 23.7. The maximum absolute atomic E-state index is 14.7. The molecule has 3 N–H and O–H groups in total. The molecule has 0 aromatic heterocycles. The molecule has 2 aliphatic carbocycles. The molecule has 3 rings (SSSR count). The van der Waals surface area contributed by atoms with E-state index in [1.807, 2.05) is 0 Å². The minimum absolute atomic E-state index is 0.0180. The molecule has 26 heavy (non-hydrogen) atoms. The first-order chi connectivity index (χ1) is 12.2. The van der Waals surface area contributed by atoms with Crippen molar-refractivity contribution in [2.24, 2.45) is 17.6 Å². The Kier molecular flexibility index (Phi) is 4.94. The van der Waals surface area contributed by atoms with Crippen LogP contribution in [0.2, 0.25) is 10.0 Å². The number of hydrogen-bond donors (Lipinski definition) is 2. The van der Waals surface area contributed by atoms with Gasteiger partial charge in [-0.25, -0.2) is 14.0 Å². The Morgan fingerprint density at radius 3 is 2.65 bits per heavy atom. The van der Waals surface area contributed by atoms with Gasteiger partial charge in [0.2, 0.25) is 5.67 Å². The number of fused-ring (bicyclic) bond motifs is 1. The number of rotatable bonds is 6. The average Bonchev–Trinajstić information content (AvgIpc) is 3.06. The highest BCUT2D eigenvalue weighted by Gasteiger charge is 2.85. The molecule has 1 aromatic carbocycles. The van der Waals surface area contributed by atoms with E-state index in [1.165, 1.54) is 0 Å². The van der Waals surface area contributed by atoms with Crippen molar-refractivity contribution >= 4 is 35.1 Å². The number of carboxylic acid groups (broad SMARTS) is 1. The summed E-state index contributed by atoms with van der Waals surface area (Å²) in [5.74, 6) is -4.53. The van der Waals surface area contributed by atoms with E-state index in [-0.39, 0.29) is 19.6 Å². The van der Waals surface area contributed by atoms with Crippen LogP contribution in [0.5, 0.6) is 0 Å². The first-order valence-corrected chi connectivity index (χ1v) is 8.86. The van der Waals surface area contributed by atoms with Crippen LogP contribution in [-0.4, -0.2) is 41.0 Å². The van der Waals surface area contributed by atoms with Gasteiger partial charge in [-0.2, -0.15) is 0 Å². The standard InChI is InChI=1S/C17H18Cl2FNO5/c1-2-25-15(24)17(21)12(6-9-13(17)16(9,20)14(22)23)26-7-8-3-4-10(18)11(19)5-8/h3-5,9,12-13H,2,6-7,21H2,1H3,(H,22,23)/t9-,12-,13+,16-,17+/m1/s1. The molecule has 5 atom stereocenters. The second-order valence-electron chi connectivity index (χ2n) is 6.59. The Hall–Kier alpha value is -1.41. The molecule has 2 saturated carbocycles. The number of aliphatic carboxylic acids is 1. The van der Waals surface area contributed by atoms with Gasteiger partial charge in [0.05, 0.1) is 29.4 Å². The maximum atomic E-state index is 14.7. The van der Waals surface area contributed by atoms with Crippen LogP contribution < -0.4 is 5.73 Å². The van der Waals surface area contributed by atoms with Crippen molar-refractivity contribution in [3.8, 4) is 0 Å². The van der Waals surface area contributed by atoms with Gasteiger partial charge in [0.1, 0.15) is 5.54 Å². The van der Waals surface area contributed by atoms with Crippen LogP contribution in [0.25, 0.3) is 0 Å². The monoisotopic (exact) mass is 405 g/mol. The summed E-state index contributed by atoms with van der Waals surface area (Å²) in [6.07, 6.45) is -0.848. The molecule has 142 valence electrons. The predicted octanol–water partition coefficient (Wildman–Crippen LogP) is 2.58. The number of carbonyl (C=O) groups is 2. The lowest BCUT2D eigenvalue weighted by Crippen LogP contribution is -2.61. The number of esters is 1. The molecule has 2 aliphatic rings. The normalized spacial score (nSPS) is 35.0. The second-order valence-corrected chi connectivity index (χ2v) is 7.41. The number of carbonyl (C=O) groups excluding carboxylic acids is 1. The molecule has 0 bridgehead atoms. The highest BCUT2D eigenvalue weighted by Crippen LogP contribution is 2.67. The van der Waals surface area contributed by atoms with E-state index in [1.54, 1.807) is 25.1 Å². The van der Waals surface area contributed by atoms with Gasteiger partial charge >= 0.3 is 11.9 Å². The van der Waals surface area contributed by atoms with E-state index in [9.17, 15) is 14.0 Å². The van der Waals surface area contributed by atoms with Crippen molar-refractivity contribution in [2.45, 2.75) is 37.3 Å². The Labute approximate surface area is 159 Å². The van der Waals surface area contributed by atoms with Crippen molar-refractivity contribution in [1.29, 1.82) is 0 Å². The second kappa shape index (κ2) is 6.64. The summed E-state index contributed by atoms with van der Waals surface area (Å²) in [6, 6.07) is 4.91. The highest BCUT2D eigenvalue weighted by atomic mass is 35.5. The number of nitrogens with two attached hydrogens (primary N) is 1. The Morgan fingerprint density at radius 1 is 1.38 bits per heavy atom. The molecular formula is C17H18Cl2FNO5. The molecule has 9 heteroatoms. The van der Waals surface area contributed by atoms with Gasteiger partial charge in [-0.1, -0.05) is 29.3 Å². The fourth-order valence-corrected chi connectivity index (χ4v) is 4.20. The molecule has 2 fully saturated rings. The quantitative estimate of drug-likeness (QED) is 0.705. The zero-order valence-corrected chi connectivity index (χ0v) is 15.4. The number of alkyl halides is 1. The minimum Gasteiger partial charge on any atom is -0.479 e. The van der Waals surface area contributed by atoms with Gasteiger partial charge in [-0.3, -0.25) is 0 Å². The van der Waals surface area contributed by atoms with E-state index in [0.29, 0.717) is 15.6 Å². The molecule has 0 radical (unpaired) electrons. The van der Waals surface area contributed by atoms with Gasteiger partial charge in [0.25, 0.3) is 0 Å². The minimum atomic E-state index is -2.52. The average molecular weight is 406 g/mol. The Bertz CT molecular complexity index is 763. The molecular weight excluding hydrogens is 388 g/mol. The zero-order valence-electron chi connectivity index (χ0n) is 13.9. The SMILES string of the molecule is CCOC(=O)[C@@]1(N)[C@H]2[C@@H](C[C@H]1OCc1ccc(Cl)c(Cl)c1)[C@]2(F)C(=O)O. The lowest BCUT2D eigenvalue weighted by molar-refractivity contribution is -0.161. The number of carboxylic acids is 1. The Balaban J connectivity index is 1.79. The Morgan fingerprint density at radius 2 is 2.08 bits per heavy atom. The van der Waals surface area contributed by atoms with Crippen molar-refractivity contribution < 1.29 is 28.6 Å². The number of halogens is 3. The molecule has 1 aromatic rings. The van der Waals surface area contributed by atoms with Gasteiger partial charge < -0.3 is 20.3 Å². The van der Waals surface area contributed by atoms with Gasteiger partial charge in [0, 0.05) is 11.8 Å². The molecule has 6 nitrogen and oxygen atoms in total. The van der Waals surface area contributed by atoms with Crippen molar-refractivity contribution in [2.75, 3.05) is 6.61 Å². The summed E-state index contributed by atoms with van der Waals surface area (Å²) < 4.78 is 25.4. The van der Waals surface area contributed by atoms with Crippen LogP contribution in [0.1, 0.15) is 18.9 Å². The van der Waals surface area contributed by atoms with E-state index < -0.39 is 41.1 Å². The molecule has 0 heterocycles. The lowest BCUT2D eigenvalue weighted by Gasteiger charge is -2.33. The van der Waals surface area contributed by atoms with E-state index in [4.69, 9.17) is 43.5 Å². The molecule has 0 aliphatic heterocycles. The number of ether oxygens (including phenoxy) is 2. The predicted molar refractivity (Wildman–Crippen MR) is 91.7 cm³/mol. The van der Waals surface area contributed by atoms with Gasteiger partial charge in [0.15, 0.2) is 0 Å². The van der Waals surface area contributed by atoms with Crippen LogP contribution in [0, 0.1) is 11.8 Å². The van der Waals surface area contributed by atoms with Crippen LogP contribution in [0.15, 0.2) is 18.2 Å². The van der Waals surface area contributed by atoms with Crippen molar-refractivity contribution in [3.05, 3.63) is 33.8 Å². The topological polar surface area (TPSA) is 98.9 Å². The van der Waals surface area contributed by atoms with E-state index in [0.717, 1.165) is 0 Å². The highest BCUT2D eigenvalue weighted by molar-refractivity contribution is 6.42. The van der Waals surface area contributed by atoms with E-state index >= 15 is 0 Å². The fourth-order valence-electron chi connectivity index (χ4n) is 3.88. The zero-order chi connectivity index (χ0) is 19.3. The van der Waals surface area contributed by atoms with Crippen molar-refractivity contribution in [3.63, 3.8) is 0 Å². The van der Waals surface area contributed by atoms with Crippen LogP contribution in [0.4, 0.5) is 4.39 Å². The fraction of sp³-hybridized carbons (Fsp3) is 0.529. The van der Waals surface area contributed by atoms with Crippen LogP contribution >= 0.6 is 23.2 Å². The van der Waals surface area contributed by atoms with Gasteiger partial charge in [-0.05, 0) is 31.0 Å². The van der Waals surface area contributed by atoms with Gasteiger partial charge in [-0.15, -0.1) is 0 Å². The first kappa shape index (κ1) is 19.4. The third kappa shape index (κ3) is 2.78. The molecule has 0 saturated heterocycles. The van der Waals surface area contributed by atoms with Crippen LogP contribution in [-0.2, 0) is 25.7 Å². The maximum Gasteiger partial charge on any atom is 0.342 e. The van der Waals surface area contributed by atoms with E-state index in [2.05, 4.69) is 0 Å². The first-order valence-electron chi connectivity index (χ1n) is 8.11. The molecule has 0 spiro atoms. The number of hydrogen-bond acceptors (Lipinski definition) is 5. The third-order valence-corrected chi connectivity index (χ3v) is 5.93. The lowest BCUT2D eigenvalue weighted by atomic mass is 9.87. The number of benzene rings is 1. The summed E-state index contributed by atoms with van der Waals surface area (Å²) >= 11 is 11.8. The van der Waals surface area contributed by atoms with Crippen LogP contribution in [0.3, 0.4) is 0 Å². The largest absolute Gasteiger partial charge is 0.479 e. The van der Waals surface area contributed by atoms with Crippen molar-refractivity contribution in [1.82, 2.24) is 0 Å². The summed E-state index contributed by atoms with van der Waals surface area (Å²) in [6.45, 7) is 1.69. The summed E-state index contributed by atoms with van der Waals surface area (Å²) in [5, 5.41) is 9.90. The molecule has 0 unspecified atom stereocenters. The smallest absolute Gasteiger partial charge is 0.342 e. The third-order valence-electron chi connectivity index (χ3n) is 5.19. The summed E-state index contributed by atoms with van der Waals surface area (Å²) in [7, 11) is 0. The summed E-state index contributed by atoms with van der Waals surface area (Å²) in [5.41, 5.74) is 2.51. The molecule has 0 amide bonds.